The molecule has 21 heavy (non-hydrogen) atoms. The van der Waals surface area contributed by atoms with Crippen LogP contribution in [0.5, 0.6) is 0 Å². The first-order chi connectivity index (χ1) is 10.3. The molecule has 1 saturated carbocycles. The van der Waals surface area contributed by atoms with Crippen LogP contribution in [0.15, 0.2) is 24.3 Å². The Morgan fingerprint density at radius 1 is 1.14 bits per heavy atom. The summed E-state index contributed by atoms with van der Waals surface area (Å²) in [6.45, 7) is 5.03. The number of benzene rings is 1. The summed E-state index contributed by atoms with van der Waals surface area (Å²) in [5.41, 5.74) is 5.53. The normalized spacial score (nSPS) is 19.4. The molecule has 1 atom stereocenters. The predicted octanol–water partition coefficient (Wildman–Crippen LogP) is 3.88. The van der Waals surface area contributed by atoms with Gasteiger partial charge < -0.3 is 4.74 Å². The molecule has 3 nitrogen and oxygen atoms in total. The summed E-state index contributed by atoms with van der Waals surface area (Å²) in [4.78, 5) is 0. The van der Waals surface area contributed by atoms with Crippen molar-refractivity contribution in [2.24, 2.45) is 5.84 Å². The number of ether oxygens (including phenoxy) is 1. The van der Waals surface area contributed by atoms with Crippen molar-refractivity contribution in [1.82, 2.24) is 5.43 Å². The Labute approximate surface area is 129 Å². The lowest BCUT2D eigenvalue weighted by atomic mass is 9.76. The minimum absolute atomic E-state index is 0.0772. The smallest absolute Gasteiger partial charge is 0.0889 e. The van der Waals surface area contributed by atoms with Gasteiger partial charge in [-0.25, -0.2) is 0 Å². The van der Waals surface area contributed by atoms with E-state index in [2.05, 4.69) is 43.5 Å². The molecule has 0 radical (unpaired) electrons. The summed E-state index contributed by atoms with van der Waals surface area (Å²) in [6.07, 6.45) is 8.26. The second-order valence-electron chi connectivity index (χ2n) is 6.15. The number of hydrazine groups is 1. The van der Waals surface area contributed by atoms with Gasteiger partial charge >= 0.3 is 0 Å². The van der Waals surface area contributed by atoms with E-state index in [1.54, 1.807) is 0 Å². The van der Waals surface area contributed by atoms with E-state index < -0.39 is 0 Å². The third kappa shape index (κ3) is 3.85. The first-order valence-corrected chi connectivity index (χ1v) is 8.44. The molecule has 0 bridgehead atoms. The fourth-order valence-electron chi connectivity index (χ4n) is 3.67. The Hall–Kier alpha value is -0.900. The zero-order valence-corrected chi connectivity index (χ0v) is 13.5. The first kappa shape index (κ1) is 16.5. The molecule has 1 aliphatic carbocycles. The molecule has 1 aromatic rings. The molecule has 0 aliphatic heterocycles. The minimum Gasteiger partial charge on any atom is -0.373 e. The fraction of sp³-hybridized carbons (Fsp3) is 0.667. The van der Waals surface area contributed by atoms with Gasteiger partial charge in [0, 0.05) is 6.61 Å². The number of nitrogens with two attached hydrogens (primary N) is 1. The summed E-state index contributed by atoms with van der Waals surface area (Å²) in [5.74, 6) is 5.92. The maximum Gasteiger partial charge on any atom is 0.0889 e. The number of hydrogen-bond donors (Lipinski definition) is 2. The number of nitrogens with one attached hydrogen (secondary N) is 1. The molecular weight excluding hydrogens is 260 g/mol. The van der Waals surface area contributed by atoms with E-state index in [1.165, 1.54) is 36.8 Å². The lowest BCUT2D eigenvalue weighted by molar-refractivity contribution is -0.0913. The summed E-state index contributed by atoms with van der Waals surface area (Å²) >= 11 is 0. The molecule has 118 valence electrons. The SMILES string of the molecule is CCCc1ccc(C(NN)C2(OCC)CCCCC2)cc1. The van der Waals surface area contributed by atoms with Crippen LogP contribution in [-0.4, -0.2) is 12.2 Å². The van der Waals surface area contributed by atoms with E-state index >= 15 is 0 Å². The molecule has 0 saturated heterocycles. The van der Waals surface area contributed by atoms with Gasteiger partial charge in [-0.3, -0.25) is 11.3 Å². The Morgan fingerprint density at radius 2 is 1.81 bits per heavy atom. The highest BCUT2D eigenvalue weighted by Crippen LogP contribution is 2.41. The van der Waals surface area contributed by atoms with Crippen LogP contribution in [-0.2, 0) is 11.2 Å². The highest BCUT2D eigenvalue weighted by molar-refractivity contribution is 5.27. The molecule has 0 heterocycles. The van der Waals surface area contributed by atoms with Gasteiger partial charge in [0.2, 0.25) is 0 Å². The van der Waals surface area contributed by atoms with Crippen LogP contribution >= 0.6 is 0 Å². The molecule has 3 N–H and O–H groups in total. The van der Waals surface area contributed by atoms with Crippen LogP contribution in [0.4, 0.5) is 0 Å². The second-order valence-corrected chi connectivity index (χ2v) is 6.15. The predicted molar refractivity (Wildman–Crippen MR) is 87.9 cm³/mol. The van der Waals surface area contributed by atoms with Gasteiger partial charge in [0.1, 0.15) is 0 Å². The van der Waals surface area contributed by atoms with Crippen molar-refractivity contribution in [3.05, 3.63) is 35.4 Å². The maximum absolute atomic E-state index is 6.21. The standard InChI is InChI=1S/C18H30N2O/c1-3-8-15-9-11-16(12-10-15)17(20-19)18(21-4-2)13-6-5-7-14-18/h9-12,17,20H,3-8,13-14,19H2,1-2H3. The third-order valence-electron chi connectivity index (χ3n) is 4.68. The quantitative estimate of drug-likeness (QED) is 0.592. The van der Waals surface area contributed by atoms with Crippen LogP contribution in [0.3, 0.4) is 0 Å². The molecule has 1 unspecified atom stereocenters. The largest absolute Gasteiger partial charge is 0.373 e. The van der Waals surface area contributed by atoms with E-state index in [4.69, 9.17) is 10.6 Å². The average Bonchev–Trinajstić information content (AvgIpc) is 2.51. The van der Waals surface area contributed by atoms with Gasteiger partial charge in [-0.1, -0.05) is 56.9 Å². The van der Waals surface area contributed by atoms with E-state index in [0.717, 1.165) is 25.9 Å². The minimum atomic E-state index is -0.145. The summed E-state index contributed by atoms with van der Waals surface area (Å²) in [5, 5.41) is 0. The van der Waals surface area contributed by atoms with Gasteiger partial charge in [0.25, 0.3) is 0 Å². The molecule has 0 aromatic heterocycles. The van der Waals surface area contributed by atoms with Gasteiger partial charge in [0.05, 0.1) is 11.6 Å². The molecule has 1 aliphatic rings. The van der Waals surface area contributed by atoms with E-state index in [1.807, 2.05) is 0 Å². The van der Waals surface area contributed by atoms with Gasteiger partial charge in [-0.2, -0.15) is 0 Å². The molecular formula is C18H30N2O. The van der Waals surface area contributed by atoms with E-state index in [0.29, 0.717) is 0 Å². The van der Waals surface area contributed by atoms with Gasteiger partial charge in [-0.15, -0.1) is 0 Å². The number of aryl methyl sites for hydroxylation is 1. The number of hydrogen-bond acceptors (Lipinski definition) is 3. The van der Waals surface area contributed by atoms with E-state index in [-0.39, 0.29) is 11.6 Å². The Morgan fingerprint density at radius 3 is 2.33 bits per heavy atom. The summed E-state index contributed by atoms with van der Waals surface area (Å²) in [7, 11) is 0. The van der Waals surface area contributed by atoms with Crippen LogP contribution in [0.25, 0.3) is 0 Å². The molecule has 1 fully saturated rings. The summed E-state index contributed by atoms with van der Waals surface area (Å²) in [6, 6.07) is 8.96. The zero-order valence-electron chi connectivity index (χ0n) is 13.5. The zero-order chi connectivity index (χ0) is 15.1. The van der Waals surface area contributed by atoms with Crippen LogP contribution in [0.1, 0.15) is 69.5 Å². The molecule has 3 heteroatoms. The topological polar surface area (TPSA) is 47.3 Å². The van der Waals surface area contributed by atoms with Crippen molar-refractivity contribution in [1.29, 1.82) is 0 Å². The Balaban J connectivity index is 2.22. The number of rotatable bonds is 7. The van der Waals surface area contributed by atoms with Crippen LogP contribution in [0, 0.1) is 0 Å². The molecule has 0 amide bonds. The van der Waals surface area contributed by atoms with Crippen molar-refractivity contribution in [2.75, 3.05) is 6.61 Å². The lowest BCUT2D eigenvalue weighted by Crippen LogP contribution is -2.49. The molecule has 2 rings (SSSR count). The monoisotopic (exact) mass is 290 g/mol. The first-order valence-electron chi connectivity index (χ1n) is 8.44. The third-order valence-corrected chi connectivity index (χ3v) is 4.68. The Bertz CT molecular complexity index is 404. The average molecular weight is 290 g/mol. The van der Waals surface area contributed by atoms with Crippen molar-refractivity contribution in [2.45, 2.75) is 70.4 Å². The van der Waals surface area contributed by atoms with Crippen molar-refractivity contribution >= 4 is 0 Å². The van der Waals surface area contributed by atoms with E-state index in [9.17, 15) is 0 Å². The van der Waals surface area contributed by atoms with Crippen molar-refractivity contribution in [3.63, 3.8) is 0 Å². The summed E-state index contributed by atoms with van der Waals surface area (Å²) < 4.78 is 6.21. The highest BCUT2D eigenvalue weighted by atomic mass is 16.5. The van der Waals surface area contributed by atoms with Crippen molar-refractivity contribution < 1.29 is 4.74 Å². The lowest BCUT2D eigenvalue weighted by Gasteiger charge is -2.43. The second kappa shape index (κ2) is 7.92. The van der Waals surface area contributed by atoms with Crippen LogP contribution < -0.4 is 11.3 Å². The maximum atomic E-state index is 6.21. The van der Waals surface area contributed by atoms with Crippen molar-refractivity contribution in [3.8, 4) is 0 Å². The van der Waals surface area contributed by atoms with Gasteiger partial charge in [0.15, 0.2) is 0 Å². The Kier molecular flexibility index (Phi) is 6.22. The molecule has 0 spiro atoms. The molecule has 1 aromatic carbocycles. The van der Waals surface area contributed by atoms with Crippen LogP contribution in [0.2, 0.25) is 0 Å². The van der Waals surface area contributed by atoms with Gasteiger partial charge in [-0.05, 0) is 37.3 Å². The fourth-order valence-corrected chi connectivity index (χ4v) is 3.67. The highest BCUT2D eigenvalue weighted by Gasteiger charge is 2.41.